The third-order valence-corrected chi connectivity index (χ3v) is 11.0. The number of carbonyl (C=O) groups is 1. The van der Waals surface area contributed by atoms with E-state index in [0.717, 1.165) is 63.2 Å². The molecule has 2 aliphatic heterocycles. The summed E-state index contributed by atoms with van der Waals surface area (Å²) in [5.41, 5.74) is 2.51. The number of amides is 1. The summed E-state index contributed by atoms with van der Waals surface area (Å²) >= 11 is 0. The van der Waals surface area contributed by atoms with Gasteiger partial charge in [-0.3, -0.25) is 0 Å². The molecule has 4 aromatic heterocycles. The maximum absolute atomic E-state index is 12.3. The summed E-state index contributed by atoms with van der Waals surface area (Å²) in [6.45, 7) is 12.2. The van der Waals surface area contributed by atoms with Gasteiger partial charge in [-0.25, -0.2) is 24.7 Å². The summed E-state index contributed by atoms with van der Waals surface area (Å²) in [4.78, 5) is 45.0. The van der Waals surface area contributed by atoms with E-state index in [1.807, 2.05) is 45.2 Å². The first kappa shape index (κ1) is 42.6. The Morgan fingerprint density at radius 1 is 0.672 bits per heavy atom. The maximum Gasteiger partial charge on any atom is 0.410 e. The van der Waals surface area contributed by atoms with Crippen molar-refractivity contribution >= 4 is 52.6 Å². The van der Waals surface area contributed by atoms with Crippen LogP contribution in [0.15, 0.2) is 49.1 Å². The maximum atomic E-state index is 12.3. The molecule has 4 aromatic rings. The molecular formula is C43H56N16O2. The standard InChI is InChI=1S/C24H32N8O2.C19H24N8/c1-24(2,3)34-23(33)32-12-10-31(11-13-32)19-8-9-20(26-16-19)29-22-27-15-17(14-25)21(30-22)28-18-6-4-5-7-18;20-11-14-12-23-19(26-18(14)24-15-3-1-2-4-15)25-17-6-5-16(13-22-17)27-9-7-21-8-10-27/h8-9,15-16,18H,4-7,10-13H2,1-3H3,(H2,26,27,28,29,30);5-6,12-13,15,21H,1-4,7-10H2,(H2,22,23,24,25,26). The monoisotopic (exact) mass is 828 g/mol. The van der Waals surface area contributed by atoms with Gasteiger partial charge in [0, 0.05) is 64.4 Å². The lowest BCUT2D eigenvalue weighted by atomic mass is 10.2. The average Bonchev–Trinajstić information content (AvgIpc) is 4.00. The Morgan fingerprint density at radius 2 is 1.13 bits per heavy atom. The van der Waals surface area contributed by atoms with E-state index in [-0.39, 0.29) is 6.09 Å². The molecule has 5 N–H and O–H groups in total. The third kappa shape index (κ3) is 12.0. The van der Waals surface area contributed by atoms with Crippen molar-refractivity contribution in [3.05, 3.63) is 60.2 Å². The second kappa shape index (κ2) is 20.2. The topological polar surface area (TPSA) is 221 Å². The summed E-state index contributed by atoms with van der Waals surface area (Å²) in [5.74, 6) is 3.30. The van der Waals surface area contributed by atoms with E-state index >= 15 is 0 Å². The minimum Gasteiger partial charge on any atom is -0.444 e. The van der Waals surface area contributed by atoms with Gasteiger partial charge in [0.25, 0.3) is 0 Å². The van der Waals surface area contributed by atoms with Crippen molar-refractivity contribution in [2.45, 2.75) is 89.8 Å². The zero-order valence-corrected chi connectivity index (χ0v) is 35.3. The number of aromatic nitrogens is 6. The Kier molecular flexibility index (Phi) is 14.1. The molecule has 1 amide bonds. The number of rotatable bonds is 10. The number of pyridine rings is 2. The van der Waals surface area contributed by atoms with Crippen LogP contribution in [-0.2, 0) is 4.74 Å². The Morgan fingerprint density at radius 3 is 1.54 bits per heavy atom. The van der Waals surface area contributed by atoms with Crippen LogP contribution in [0, 0.1) is 22.7 Å². The fraction of sp³-hybridized carbons (Fsp3) is 0.512. The molecule has 61 heavy (non-hydrogen) atoms. The van der Waals surface area contributed by atoms with Crippen molar-refractivity contribution in [1.29, 1.82) is 10.5 Å². The van der Waals surface area contributed by atoms with Crippen LogP contribution in [0.3, 0.4) is 0 Å². The second-order valence-corrected chi connectivity index (χ2v) is 16.6. The molecule has 0 aromatic carbocycles. The van der Waals surface area contributed by atoms with Gasteiger partial charge < -0.3 is 46.0 Å². The minimum atomic E-state index is -0.493. The van der Waals surface area contributed by atoms with Crippen LogP contribution in [0.1, 0.15) is 83.3 Å². The third-order valence-electron chi connectivity index (χ3n) is 11.0. The van der Waals surface area contributed by atoms with Gasteiger partial charge in [0.2, 0.25) is 11.9 Å². The van der Waals surface area contributed by atoms with Crippen molar-refractivity contribution in [2.75, 3.05) is 83.4 Å². The van der Waals surface area contributed by atoms with Crippen molar-refractivity contribution in [3.63, 3.8) is 0 Å². The lowest BCUT2D eigenvalue weighted by Crippen LogP contribution is -2.50. The van der Waals surface area contributed by atoms with Crippen LogP contribution in [0.4, 0.5) is 51.3 Å². The van der Waals surface area contributed by atoms with Crippen LogP contribution < -0.4 is 36.4 Å². The van der Waals surface area contributed by atoms with Crippen molar-refractivity contribution in [2.24, 2.45) is 0 Å². The summed E-state index contributed by atoms with van der Waals surface area (Å²) in [6, 6.07) is 12.9. The Bertz CT molecular complexity index is 2140. The van der Waals surface area contributed by atoms with Crippen LogP contribution >= 0.6 is 0 Å². The molecular weight excluding hydrogens is 773 g/mol. The first-order valence-electron chi connectivity index (χ1n) is 21.3. The smallest absolute Gasteiger partial charge is 0.410 e. The van der Waals surface area contributed by atoms with Gasteiger partial charge in [0.05, 0.1) is 36.2 Å². The number of piperazine rings is 2. The molecule has 0 spiro atoms. The van der Waals surface area contributed by atoms with Gasteiger partial charge >= 0.3 is 6.09 Å². The molecule has 18 nitrogen and oxygen atoms in total. The molecule has 0 bridgehead atoms. The van der Waals surface area contributed by atoms with Crippen molar-refractivity contribution < 1.29 is 9.53 Å². The lowest BCUT2D eigenvalue weighted by Gasteiger charge is -2.36. The molecule has 4 fully saturated rings. The molecule has 2 saturated heterocycles. The first-order valence-corrected chi connectivity index (χ1v) is 21.3. The van der Waals surface area contributed by atoms with Gasteiger partial charge in [0.15, 0.2) is 0 Å². The molecule has 2 aliphatic carbocycles. The highest BCUT2D eigenvalue weighted by Crippen LogP contribution is 2.27. The van der Waals surface area contributed by atoms with Crippen LogP contribution in [0.25, 0.3) is 0 Å². The van der Waals surface area contributed by atoms with E-state index in [1.165, 1.54) is 31.9 Å². The second-order valence-electron chi connectivity index (χ2n) is 16.6. The average molecular weight is 829 g/mol. The Labute approximate surface area is 357 Å². The van der Waals surface area contributed by atoms with Gasteiger partial charge in [-0.1, -0.05) is 25.7 Å². The van der Waals surface area contributed by atoms with Crippen molar-refractivity contribution in [3.8, 4) is 12.1 Å². The molecule has 0 unspecified atom stereocenters. The predicted octanol–water partition coefficient (Wildman–Crippen LogP) is 6.15. The zero-order valence-electron chi connectivity index (χ0n) is 35.3. The van der Waals surface area contributed by atoms with E-state index in [9.17, 15) is 15.3 Å². The van der Waals surface area contributed by atoms with E-state index in [1.54, 1.807) is 17.3 Å². The lowest BCUT2D eigenvalue weighted by molar-refractivity contribution is 0.0240. The summed E-state index contributed by atoms with van der Waals surface area (Å²) in [5, 5.41) is 35.1. The number of hydrogen-bond donors (Lipinski definition) is 5. The largest absolute Gasteiger partial charge is 0.444 e. The molecule has 8 rings (SSSR count). The molecule has 320 valence electrons. The van der Waals surface area contributed by atoms with Crippen LogP contribution in [-0.4, -0.2) is 111 Å². The number of nitrogens with zero attached hydrogens (tertiary/aromatic N) is 11. The molecule has 4 aliphatic rings. The summed E-state index contributed by atoms with van der Waals surface area (Å²) in [6.07, 6.45) is 15.7. The summed E-state index contributed by atoms with van der Waals surface area (Å²) < 4.78 is 5.46. The zero-order chi connectivity index (χ0) is 42.6. The molecule has 0 radical (unpaired) electrons. The molecule has 2 saturated carbocycles. The van der Waals surface area contributed by atoms with E-state index in [4.69, 9.17) is 4.74 Å². The van der Waals surface area contributed by atoms with Gasteiger partial charge in [-0.2, -0.15) is 20.5 Å². The Balaban J connectivity index is 0.000000189. The fourth-order valence-electron chi connectivity index (χ4n) is 7.71. The van der Waals surface area contributed by atoms with E-state index < -0.39 is 5.60 Å². The number of carbonyl (C=O) groups excluding carboxylic acids is 1. The molecule has 6 heterocycles. The van der Waals surface area contributed by atoms with E-state index in [0.29, 0.717) is 84.6 Å². The Hall–Kier alpha value is -6.53. The van der Waals surface area contributed by atoms with Crippen LogP contribution in [0.2, 0.25) is 0 Å². The quantitative estimate of drug-likeness (QED) is 0.121. The predicted molar refractivity (Wildman–Crippen MR) is 235 cm³/mol. The highest BCUT2D eigenvalue weighted by molar-refractivity contribution is 5.69. The number of nitriles is 2. The fourth-order valence-corrected chi connectivity index (χ4v) is 7.71. The highest BCUT2D eigenvalue weighted by atomic mass is 16.6. The van der Waals surface area contributed by atoms with Gasteiger partial charge in [-0.15, -0.1) is 0 Å². The number of nitrogens with one attached hydrogen (secondary N) is 5. The first-order chi connectivity index (χ1) is 29.6. The van der Waals surface area contributed by atoms with E-state index in [2.05, 4.69) is 84.5 Å². The number of ether oxygens (including phenoxy) is 1. The van der Waals surface area contributed by atoms with Gasteiger partial charge in [0.1, 0.15) is 52.1 Å². The minimum absolute atomic E-state index is 0.269. The highest BCUT2D eigenvalue weighted by Gasteiger charge is 2.26. The molecule has 0 atom stereocenters. The molecule has 18 heteroatoms. The SMILES string of the molecule is CC(C)(C)OC(=O)N1CCN(c2ccc(Nc3ncc(C#N)c(NC4CCCC4)n3)nc2)CC1.N#Cc1cnc(Nc2ccc(N3CCNCC3)cn2)nc1NC1CCCC1. The van der Waals surface area contributed by atoms with Crippen molar-refractivity contribution in [1.82, 2.24) is 40.1 Å². The summed E-state index contributed by atoms with van der Waals surface area (Å²) in [7, 11) is 0. The normalized spacial score (nSPS) is 17.1. The van der Waals surface area contributed by atoms with Crippen LogP contribution in [0.5, 0.6) is 0 Å². The number of anilines is 8. The van der Waals surface area contributed by atoms with Gasteiger partial charge in [-0.05, 0) is 70.7 Å². The number of hydrogen-bond acceptors (Lipinski definition) is 17.